The van der Waals surface area contributed by atoms with Crippen LogP contribution in [0.4, 0.5) is 17.6 Å². The van der Waals surface area contributed by atoms with Crippen LogP contribution in [0.25, 0.3) is 0 Å². The monoisotopic (exact) mass is 465 g/mol. The Morgan fingerprint density at radius 3 is 2.55 bits per heavy atom. The zero-order chi connectivity index (χ0) is 23.1. The molecule has 0 radical (unpaired) electrons. The lowest BCUT2D eigenvalue weighted by molar-refractivity contribution is -0.192. The van der Waals surface area contributed by atoms with Crippen molar-refractivity contribution in [3.63, 3.8) is 0 Å². The Bertz CT molecular complexity index is 996. The molecular weight excluding hydrogens is 446 g/mol. The largest absolute Gasteiger partial charge is 0.490 e. The van der Waals surface area contributed by atoms with E-state index in [2.05, 4.69) is 15.0 Å². The number of aliphatic carboxylic acids is 1. The van der Waals surface area contributed by atoms with Crippen molar-refractivity contribution in [2.45, 2.75) is 30.1 Å². The number of ether oxygens (including phenoxy) is 1. The summed E-state index contributed by atoms with van der Waals surface area (Å²) in [6.07, 6.45) is -2.49. The molecule has 0 spiro atoms. The number of rotatable bonds is 6. The second-order valence-corrected chi connectivity index (χ2v) is 8.01. The van der Waals surface area contributed by atoms with Gasteiger partial charge < -0.3 is 15.2 Å². The first-order valence-electron chi connectivity index (χ1n) is 8.85. The molecule has 2 heterocycles. The molecule has 1 aliphatic heterocycles. The molecule has 31 heavy (non-hydrogen) atoms. The molecular formula is C18H19F4N3O5S. The first-order chi connectivity index (χ1) is 14.5. The van der Waals surface area contributed by atoms with Crippen molar-refractivity contribution in [3.05, 3.63) is 54.1 Å². The lowest BCUT2D eigenvalue weighted by atomic mass is 10.3. The maximum absolute atomic E-state index is 13.6. The molecule has 0 saturated carbocycles. The molecule has 1 fully saturated rings. The SMILES string of the molecule is O=C(O)C(F)(F)F.O=S(=O)(NCc1cc(OC2CCNC2)ccn1)c1ccccc1F. The molecule has 1 aromatic carbocycles. The Morgan fingerprint density at radius 1 is 1.29 bits per heavy atom. The fourth-order valence-electron chi connectivity index (χ4n) is 2.46. The van der Waals surface area contributed by atoms with Gasteiger partial charge in [-0.15, -0.1) is 0 Å². The number of alkyl halides is 3. The van der Waals surface area contributed by atoms with E-state index in [1.807, 2.05) is 0 Å². The summed E-state index contributed by atoms with van der Waals surface area (Å²) < 4.78 is 77.9. The number of hydrogen-bond donors (Lipinski definition) is 3. The first kappa shape index (κ1) is 24.5. The van der Waals surface area contributed by atoms with E-state index >= 15 is 0 Å². The van der Waals surface area contributed by atoms with E-state index in [1.54, 1.807) is 18.3 Å². The maximum atomic E-state index is 13.6. The lowest BCUT2D eigenvalue weighted by Gasteiger charge is -2.13. The zero-order valence-corrected chi connectivity index (χ0v) is 16.7. The molecule has 13 heteroatoms. The molecule has 2 aromatic rings. The van der Waals surface area contributed by atoms with Gasteiger partial charge in [-0.25, -0.2) is 22.3 Å². The predicted octanol–water partition coefficient (Wildman–Crippen LogP) is 2.07. The Kier molecular flexibility index (Phi) is 8.30. The van der Waals surface area contributed by atoms with Gasteiger partial charge in [-0.2, -0.15) is 13.2 Å². The third kappa shape index (κ3) is 7.77. The molecule has 1 atom stereocenters. The summed E-state index contributed by atoms with van der Waals surface area (Å²) in [4.78, 5) is 12.6. The highest BCUT2D eigenvalue weighted by molar-refractivity contribution is 7.89. The van der Waals surface area contributed by atoms with Gasteiger partial charge in [-0.05, 0) is 31.2 Å². The van der Waals surface area contributed by atoms with Crippen LogP contribution in [0.2, 0.25) is 0 Å². The van der Waals surface area contributed by atoms with Crippen LogP contribution in [0, 0.1) is 5.82 Å². The normalized spacial score (nSPS) is 16.3. The maximum Gasteiger partial charge on any atom is 0.490 e. The summed E-state index contributed by atoms with van der Waals surface area (Å²) in [5.74, 6) is -2.91. The minimum atomic E-state index is -5.08. The molecule has 0 bridgehead atoms. The lowest BCUT2D eigenvalue weighted by Crippen LogP contribution is -2.24. The van der Waals surface area contributed by atoms with Crippen LogP contribution in [-0.4, -0.2) is 49.8 Å². The van der Waals surface area contributed by atoms with Gasteiger partial charge in [-0.1, -0.05) is 12.1 Å². The van der Waals surface area contributed by atoms with Crippen molar-refractivity contribution < 1.29 is 40.6 Å². The van der Waals surface area contributed by atoms with E-state index < -0.39 is 28.0 Å². The number of sulfonamides is 1. The van der Waals surface area contributed by atoms with Crippen molar-refractivity contribution in [1.29, 1.82) is 0 Å². The molecule has 8 nitrogen and oxygen atoms in total. The molecule has 3 rings (SSSR count). The van der Waals surface area contributed by atoms with Crippen LogP contribution < -0.4 is 14.8 Å². The van der Waals surface area contributed by atoms with Gasteiger partial charge in [0.25, 0.3) is 0 Å². The Labute approximate surface area is 175 Å². The van der Waals surface area contributed by atoms with Crippen molar-refractivity contribution in [1.82, 2.24) is 15.0 Å². The quantitative estimate of drug-likeness (QED) is 0.559. The van der Waals surface area contributed by atoms with Crippen LogP contribution in [0.15, 0.2) is 47.5 Å². The number of nitrogens with one attached hydrogen (secondary N) is 2. The molecule has 1 aliphatic rings. The molecule has 170 valence electrons. The van der Waals surface area contributed by atoms with E-state index in [9.17, 15) is 26.0 Å². The Hall–Kier alpha value is -2.77. The zero-order valence-electron chi connectivity index (χ0n) is 15.9. The van der Waals surface area contributed by atoms with Crippen LogP contribution in [0.1, 0.15) is 12.1 Å². The van der Waals surface area contributed by atoms with Gasteiger partial charge in [0, 0.05) is 18.8 Å². The molecule has 1 aromatic heterocycles. The van der Waals surface area contributed by atoms with Crippen LogP contribution >= 0.6 is 0 Å². The summed E-state index contributed by atoms with van der Waals surface area (Å²) in [5.41, 5.74) is 0.498. The van der Waals surface area contributed by atoms with Crippen LogP contribution in [-0.2, 0) is 21.4 Å². The Morgan fingerprint density at radius 2 is 1.97 bits per heavy atom. The number of hydrogen-bond acceptors (Lipinski definition) is 6. The average Bonchev–Trinajstić information content (AvgIpc) is 3.20. The minimum Gasteiger partial charge on any atom is -0.489 e. The molecule has 1 unspecified atom stereocenters. The average molecular weight is 465 g/mol. The van der Waals surface area contributed by atoms with E-state index in [-0.39, 0.29) is 17.5 Å². The number of nitrogens with zero attached hydrogens (tertiary/aromatic N) is 1. The number of benzene rings is 1. The van der Waals surface area contributed by atoms with Gasteiger partial charge in [0.1, 0.15) is 22.6 Å². The summed E-state index contributed by atoms with van der Waals surface area (Å²) >= 11 is 0. The fraction of sp³-hybridized carbons (Fsp3) is 0.333. The van der Waals surface area contributed by atoms with Gasteiger partial charge in [0.05, 0.1) is 12.2 Å². The fourth-order valence-corrected chi connectivity index (χ4v) is 3.53. The van der Waals surface area contributed by atoms with Crippen LogP contribution in [0.5, 0.6) is 5.75 Å². The van der Waals surface area contributed by atoms with Crippen molar-refractivity contribution >= 4 is 16.0 Å². The Balaban J connectivity index is 0.000000423. The summed E-state index contributed by atoms with van der Waals surface area (Å²) in [5, 5.41) is 10.3. The summed E-state index contributed by atoms with van der Waals surface area (Å²) in [7, 11) is -3.94. The number of carboxylic acids is 1. The van der Waals surface area contributed by atoms with E-state index in [1.165, 1.54) is 18.2 Å². The predicted molar refractivity (Wildman–Crippen MR) is 100 cm³/mol. The number of halogens is 4. The summed E-state index contributed by atoms with van der Waals surface area (Å²) in [6, 6.07) is 8.65. The molecule has 0 aliphatic carbocycles. The first-order valence-corrected chi connectivity index (χ1v) is 10.3. The van der Waals surface area contributed by atoms with E-state index in [4.69, 9.17) is 14.6 Å². The van der Waals surface area contributed by atoms with Gasteiger partial charge in [-0.3, -0.25) is 4.98 Å². The second kappa shape index (κ2) is 10.5. The second-order valence-electron chi connectivity index (χ2n) is 6.27. The van der Waals surface area contributed by atoms with Crippen molar-refractivity contribution in [2.75, 3.05) is 13.1 Å². The summed E-state index contributed by atoms with van der Waals surface area (Å²) in [6.45, 7) is 1.67. The number of carbonyl (C=O) groups is 1. The van der Waals surface area contributed by atoms with E-state index in [0.29, 0.717) is 11.4 Å². The van der Waals surface area contributed by atoms with Crippen molar-refractivity contribution in [3.8, 4) is 5.75 Å². The third-order valence-electron chi connectivity index (χ3n) is 3.92. The number of pyridine rings is 1. The standard InChI is InChI=1S/C16H18FN3O3S.C2HF3O2/c17-15-3-1-2-4-16(15)24(21,22)20-10-12-9-13(6-8-19-12)23-14-5-7-18-11-14;3-2(4,5)1(6)7/h1-4,6,8-9,14,18,20H,5,7,10-11H2;(H,6,7). The van der Waals surface area contributed by atoms with Crippen molar-refractivity contribution in [2.24, 2.45) is 0 Å². The third-order valence-corrected chi connectivity index (χ3v) is 5.35. The van der Waals surface area contributed by atoms with Gasteiger partial charge >= 0.3 is 12.1 Å². The van der Waals surface area contributed by atoms with Gasteiger partial charge in [0.2, 0.25) is 10.0 Å². The van der Waals surface area contributed by atoms with Gasteiger partial charge in [0.15, 0.2) is 0 Å². The number of carboxylic acid groups (broad SMARTS) is 1. The van der Waals surface area contributed by atoms with Crippen LogP contribution in [0.3, 0.4) is 0 Å². The minimum absolute atomic E-state index is 0.0449. The highest BCUT2D eigenvalue weighted by Crippen LogP contribution is 2.17. The highest BCUT2D eigenvalue weighted by atomic mass is 32.2. The topological polar surface area (TPSA) is 118 Å². The smallest absolute Gasteiger partial charge is 0.489 e. The number of aromatic nitrogens is 1. The molecule has 0 amide bonds. The highest BCUT2D eigenvalue weighted by Gasteiger charge is 2.38. The molecule has 1 saturated heterocycles. The van der Waals surface area contributed by atoms with E-state index in [0.717, 1.165) is 25.6 Å². The molecule has 3 N–H and O–H groups in total.